The van der Waals surface area contributed by atoms with Crippen LogP contribution < -0.4 is 0 Å². The Morgan fingerprint density at radius 2 is 0.952 bits per heavy atom. The van der Waals surface area contributed by atoms with E-state index in [1.54, 1.807) is 0 Å². The summed E-state index contributed by atoms with van der Waals surface area (Å²) in [6.45, 7) is 4.16. The highest BCUT2D eigenvalue weighted by atomic mass is 16.5. The largest absolute Gasteiger partial charge is 0.481 e. The Kier molecular flexibility index (Phi) is 30.8. The van der Waals surface area contributed by atoms with Gasteiger partial charge in [0.25, 0.3) is 0 Å². The lowest BCUT2D eigenvalue weighted by Crippen LogP contribution is -2.14. The zero-order chi connectivity index (χ0) is 30.8. The van der Waals surface area contributed by atoms with Crippen molar-refractivity contribution in [1.82, 2.24) is 0 Å². The number of esters is 1. The molecule has 0 aliphatic rings. The van der Waals surface area contributed by atoms with Gasteiger partial charge in [-0.2, -0.15) is 0 Å². The molecule has 0 aliphatic heterocycles. The normalized spacial score (nSPS) is 13.2. The average molecular weight is 583 g/mol. The number of ether oxygens (including phenoxy) is 1. The van der Waals surface area contributed by atoms with Gasteiger partial charge >= 0.3 is 11.9 Å². The summed E-state index contributed by atoms with van der Waals surface area (Å²) in [7, 11) is 0. The maximum Gasteiger partial charge on any atom is 0.306 e. The summed E-state index contributed by atoms with van der Waals surface area (Å²) in [5.74, 6) is -0.750. The summed E-state index contributed by atoms with van der Waals surface area (Å²) in [6, 6.07) is 0. The van der Waals surface area contributed by atoms with Gasteiger partial charge in [0.1, 0.15) is 0 Å². The van der Waals surface area contributed by atoms with Crippen molar-refractivity contribution in [2.75, 3.05) is 0 Å². The average Bonchev–Trinajstić information content (AvgIpc) is 2.96. The van der Waals surface area contributed by atoms with Gasteiger partial charge in [-0.3, -0.25) is 9.59 Å². The molecule has 0 radical (unpaired) electrons. The summed E-state index contributed by atoms with van der Waals surface area (Å²) in [5, 5.41) is 8.63. The van der Waals surface area contributed by atoms with E-state index >= 15 is 0 Å². The zero-order valence-corrected chi connectivity index (χ0v) is 27.0. The number of hydrogen-bond acceptors (Lipinski definition) is 3. The van der Waals surface area contributed by atoms with Crippen molar-refractivity contribution in [1.29, 1.82) is 0 Å². The smallest absolute Gasteiger partial charge is 0.306 e. The van der Waals surface area contributed by atoms with E-state index in [0.717, 1.165) is 89.9 Å². The first kappa shape index (κ1) is 39.4. The molecule has 0 bridgehead atoms. The van der Waals surface area contributed by atoms with Crippen LogP contribution in [0.15, 0.2) is 72.9 Å². The van der Waals surface area contributed by atoms with Crippen LogP contribution in [0.3, 0.4) is 0 Å². The number of hydrogen-bond donors (Lipinski definition) is 1. The van der Waals surface area contributed by atoms with Crippen LogP contribution in [0, 0.1) is 0 Å². The third kappa shape index (κ3) is 33.6. The molecule has 0 aromatic carbocycles. The number of carboxylic acid groups (broad SMARTS) is 1. The second-order valence-electron chi connectivity index (χ2n) is 11.1. The molecule has 0 rings (SSSR count). The van der Waals surface area contributed by atoms with Gasteiger partial charge in [-0.15, -0.1) is 0 Å². The van der Waals surface area contributed by atoms with Crippen molar-refractivity contribution >= 4 is 11.9 Å². The Morgan fingerprint density at radius 1 is 0.548 bits per heavy atom. The summed E-state index contributed by atoms with van der Waals surface area (Å²) >= 11 is 0. The molecule has 1 N–H and O–H groups in total. The van der Waals surface area contributed by atoms with E-state index in [1.165, 1.54) is 32.1 Å². The fraction of sp³-hybridized carbons (Fsp3) is 0.632. The lowest BCUT2D eigenvalue weighted by Gasteiger charge is -2.13. The maximum absolute atomic E-state index is 12.1. The van der Waals surface area contributed by atoms with E-state index in [9.17, 15) is 9.59 Å². The molecule has 0 aromatic rings. The predicted octanol–water partition coefficient (Wildman–Crippen LogP) is 11.6. The van der Waals surface area contributed by atoms with Crippen LogP contribution in [-0.2, 0) is 14.3 Å². The van der Waals surface area contributed by atoms with Crippen molar-refractivity contribution in [3.05, 3.63) is 72.9 Å². The van der Waals surface area contributed by atoms with Crippen LogP contribution >= 0.6 is 0 Å². The van der Waals surface area contributed by atoms with Gasteiger partial charge < -0.3 is 9.84 Å². The van der Waals surface area contributed by atoms with E-state index in [0.29, 0.717) is 12.8 Å². The van der Waals surface area contributed by atoms with Crippen molar-refractivity contribution in [3.63, 3.8) is 0 Å². The van der Waals surface area contributed by atoms with Crippen molar-refractivity contribution < 1.29 is 19.4 Å². The summed E-state index contributed by atoms with van der Waals surface area (Å²) < 4.78 is 5.57. The minimum Gasteiger partial charge on any atom is -0.481 e. The molecule has 4 nitrogen and oxygen atoms in total. The van der Waals surface area contributed by atoms with Crippen LogP contribution in [-0.4, -0.2) is 23.1 Å². The van der Waals surface area contributed by atoms with Gasteiger partial charge in [0.05, 0.1) is 6.10 Å². The van der Waals surface area contributed by atoms with Gasteiger partial charge in [-0.05, 0) is 84.0 Å². The first-order valence-corrected chi connectivity index (χ1v) is 16.9. The Balaban J connectivity index is 3.53. The molecule has 1 unspecified atom stereocenters. The molecule has 0 saturated carbocycles. The highest BCUT2D eigenvalue weighted by Gasteiger charge is 2.08. The SMILES string of the molecule is CC/C=C\C/C=C\C/C=C\C/C=C\C/C=C\C/C=C\CCCCC(=O)OC(C)CCCCCCCCCCCC(=O)O. The number of allylic oxidation sites excluding steroid dienone is 12. The Hall–Kier alpha value is -2.62. The van der Waals surface area contributed by atoms with Crippen molar-refractivity contribution in [2.45, 2.75) is 155 Å². The highest BCUT2D eigenvalue weighted by Crippen LogP contribution is 2.14. The first-order valence-electron chi connectivity index (χ1n) is 16.9. The Bertz CT molecular complexity index is 800. The van der Waals surface area contributed by atoms with Crippen LogP contribution in [0.5, 0.6) is 0 Å². The number of carbonyl (C=O) groups is 2. The van der Waals surface area contributed by atoms with Crippen LogP contribution in [0.25, 0.3) is 0 Å². The molecule has 1 atom stereocenters. The van der Waals surface area contributed by atoms with Gasteiger partial charge in [0, 0.05) is 12.8 Å². The molecule has 0 aromatic heterocycles. The van der Waals surface area contributed by atoms with Crippen LogP contribution in [0.2, 0.25) is 0 Å². The van der Waals surface area contributed by atoms with Gasteiger partial charge in [0.15, 0.2) is 0 Å². The minimum atomic E-state index is -0.688. The second kappa shape index (κ2) is 32.9. The lowest BCUT2D eigenvalue weighted by atomic mass is 10.0. The predicted molar refractivity (Wildman–Crippen MR) is 181 cm³/mol. The monoisotopic (exact) mass is 582 g/mol. The number of rotatable bonds is 29. The molecule has 0 spiro atoms. The van der Waals surface area contributed by atoms with Crippen LogP contribution in [0.1, 0.15) is 149 Å². The highest BCUT2D eigenvalue weighted by molar-refractivity contribution is 5.69. The third-order valence-corrected chi connectivity index (χ3v) is 6.93. The van der Waals surface area contributed by atoms with Gasteiger partial charge in [-0.1, -0.05) is 125 Å². The van der Waals surface area contributed by atoms with E-state index < -0.39 is 5.97 Å². The zero-order valence-electron chi connectivity index (χ0n) is 27.0. The standard InChI is InChI=1S/C38H62O4/c1-3-4-5-6-7-8-9-10-11-12-13-14-15-16-17-18-19-23-26-29-32-35-38(41)42-36(2)33-30-27-24-21-20-22-25-28-31-34-37(39)40/h4-5,7-8,10-11,13-14,16-17,19,23,36H,3,6,9,12,15,18,20-22,24-35H2,1-2H3,(H,39,40)/b5-4-,8-7-,11-10-,14-13-,17-16-,23-19-. The van der Waals surface area contributed by atoms with Crippen molar-refractivity contribution in [2.24, 2.45) is 0 Å². The molecule has 0 fully saturated rings. The minimum absolute atomic E-state index is 0.00935. The lowest BCUT2D eigenvalue weighted by molar-refractivity contribution is -0.148. The molecule has 0 amide bonds. The van der Waals surface area contributed by atoms with E-state index in [2.05, 4.69) is 79.8 Å². The topological polar surface area (TPSA) is 63.6 Å². The molecule has 42 heavy (non-hydrogen) atoms. The summed E-state index contributed by atoms with van der Waals surface area (Å²) in [5.41, 5.74) is 0. The van der Waals surface area contributed by atoms with Gasteiger partial charge in [0.2, 0.25) is 0 Å². The maximum atomic E-state index is 12.1. The van der Waals surface area contributed by atoms with E-state index in [4.69, 9.17) is 9.84 Å². The molecular formula is C38H62O4. The molecule has 4 heteroatoms. The van der Waals surface area contributed by atoms with E-state index in [-0.39, 0.29) is 12.1 Å². The Labute approximate surface area is 258 Å². The molecule has 0 saturated heterocycles. The number of aliphatic carboxylic acids is 1. The third-order valence-electron chi connectivity index (χ3n) is 6.93. The number of carbonyl (C=O) groups excluding carboxylic acids is 1. The molecule has 0 heterocycles. The first-order chi connectivity index (χ1) is 20.6. The summed E-state index contributed by atoms with van der Waals surface area (Å²) in [4.78, 5) is 22.6. The fourth-order valence-electron chi connectivity index (χ4n) is 4.46. The van der Waals surface area contributed by atoms with E-state index in [1.807, 2.05) is 6.92 Å². The molecular weight excluding hydrogens is 520 g/mol. The van der Waals surface area contributed by atoms with Crippen molar-refractivity contribution in [3.8, 4) is 0 Å². The fourth-order valence-corrected chi connectivity index (χ4v) is 4.46. The van der Waals surface area contributed by atoms with Gasteiger partial charge in [-0.25, -0.2) is 0 Å². The number of carboxylic acids is 1. The van der Waals surface area contributed by atoms with Crippen LogP contribution in [0.4, 0.5) is 0 Å². The molecule has 0 aliphatic carbocycles. The number of unbranched alkanes of at least 4 members (excludes halogenated alkanes) is 10. The molecule has 238 valence electrons. The quantitative estimate of drug-likeness (QED) is 0.0541. The Morgan fingerprint density at radius 3 is 1.43 bits per heavy atom. The summed E-state index contributed by atoms with van der Waals surface area (Å²) in [6.07, 6.45) is 47.5. The second-order valence-corrected chi connectivity index (χ2v) is 11.1.